The summed E-state index contributed by atoms with van der Waals surface area (Å²) in [4.78, 5) is 24.1. The van der Waals surface area contributed by atoms with E-state index in [1.54, 1.807) is 12.1 Å². The van der Waals surface area contributed by atoms with E-state index in [-0.39, 0.29) is 25.3 Å². The largest absolute Gasteiger partial charge is 0.480 e. The third-order valence-corrected chi connectivity index (χ3v) is 3.05. The first kappa shape index (κ1) is 12.6. The van der Waals surface area contributed by atoms with Crippen LogP contribution in [0.15, 0.2) is 22.8 Å². The Labute approximate surface area is 104 Å². The van der Waals surface area contributed by atoms with Gasteiger partial charge in [-0.05, 0) is 12.1 Å². The molecule has 1 aromatic rings. The molecule has 2 rings (SSSR count). The molecule has 0 spiro atoms. The second-order valence-corrected chi connectivity index (χ2v) is 4.37. The number of β-amino-alcohol motifs (C(OH)–C–C–N with tert-alkyl or cyclic N) is 1. The van der Waals surface area contributed by atoms with Gasteiger partial charge in [0.05, 0.1) is 12.4 Å². The fourth-order valence-corrected chi connectivity index (χ4v) is 2.15. The van der Waals surface area contributed by atoms with Gasteiger partial charge in [0.1, 0.15) is 11.8 Å². The van der Waals surface area contributed by atoms with Gasteiger partial charge in [-0.1, -0.05) is 0 Å². The van der Waals surface area contributed by atoms with Crippen LogP contribution in [-0.4, -0.2) is 45.7 Å². The van der Waals surface area contributed by atoms with Crippen molar-refractivity contribution in [3.8, 4) is 0 Å². The number of aryl methyl sites for hydroxylation is 1. The minimum absolute atomic E-state index is 0.0912. The van der Waals surface area contributed by atoms with E-state index < -0.39 is 18.1 Å². The topological polar surface area (TPSA) is 91.0 Å². The van der Waals surface area contributed by atoms with Crippen molar-refractivity contribution in [3.05, 3.63) is 24.2 Å². The highest BCUT2D eigenvalue weighted by Gasteiger charge is 2.38. The Morgan fingerprint density at radius 3 is 2.89 bits per heavy atom. The zero-order chi connectivity index (χ0) is 13.1. The molecule has 0 unspecified atom stereocenters. The van der Waals surface area contributed by atoms with E-state index in [0.29, 0.717) is 12.2 Å². The van der Waals surface area contributed by atoms with Gasteiger partial charge in [-0.2, -0.15) is 0 Å². The van der Waals surface area contributed by atoms with Crippen LogP contribution in [0.4, 0.5) is 0 Å². The molecule has 98 valence electrons. The first-order chi connectivity index (χ1) is 8.58. The molecule has 1 aliphatic rings. The molecule has 6 nitrogen and oxygen atoms in total. The molecule has 6 heteroatoms. The second kappa shape index (κ2) is 5.22. The Hall–Kier alpha value is -1.82. The lowest BCUT2D eigenvalue weighted by atomic mass is 10.2. The number of carboxylic acid groups (broad SMARTS) is 1. The van der Waals surface area contributed by atoms with Gasteiger partial charge < -0.3 is 19.5 Å². The van der Waals surface area contributed by atoms with E-state index in [0.717, 1.165) is 0 Å². The van der Waals surface area contributed by atoms with E-state index in [1.807, 2.05) is 0 Å². The maximum atomic E-state index is 11.9. The standard InChI is InChI=1S/C12H15NO5/c14-8-6-10(12(16)17)13(7-8)11(15)4-3-9-2-1-5-18-9/h1-2,5,8,10,14H,3-4,6-7H2,(H,16,17)/t8-,10+/m1/s1. The summed E-state index contributed by atoms with van der Waals surface area (Å²) < 4.78 is 5.11. The van der Waals surface area contributed by atoms with Crippen LogP contribution in [0.1, 0.15) is 18.6 Å². The molecule has 2 heterocycles. The van der Waals surface area contributed by atoms with Gasteiger partial charge in [0, 0.05) is 25.8 Å². The van der Waals surface area contributed by atoms with E-state index in [1.165, 1.54) is 11.2 Å². The van der Waals surface area contributed by atoms with Gasteiger partial charge in [0.2, 0.25) is 5.91 Å². The number of aliphatic hydroxyl groups excluding tert-OH is 1. The van der Waals surface area contributed by atoms with Crippen LogP contribution < -0.4 is 0 Å². The monoisotopic (exact) mass is 253 g/mol. The average Bonchev–Trinajstić information content (AvgIpc) is 2.94. The first-order valence-corrected chi connectivity index (χ1v) is 5.80. The molecule has 2 atom stereocenters. The zero-order valence-electron chi connectivity index (χ0n) is 9.78. The molecule has 18 heavy (non-hydrogen) atoms. The van der Waals surface area contributed by atoms with Gasteiger partial charge in [0.15, 0.2) is 0 Å². The van der Waals surface area contributed by atoms with Crippen molar-refractivity contribution >= 4 is 11.9 Å². The van der Waals surface area contributed by atoms with Crippen LogP contribution in [0.2, 0.25) is 0 Å². The maximum Gasteiger partial charge on any atom is 0.326 e. The van der Waals surface area contributed by atoms with Gasteiger partial charge in [-0.25, -0.2) is 4.79 Å². The fraction of sp³-hybridized carbons (Fsp3) is 0.500. The number of rotatable bonds is 4. The minimum atomic E-state index is -1.07. The van der Waals surface area contributed by atoms with Crippen molar-refractivity contribution < 1.29 is 24.2 Å². The Morgan fingerprint density at radius 1 is 1.50 bits per heavy atom. The summed E-state index contributed by atoms with van der Waals surface area (Å²) in [6, 6.07) is 2.59. The van der Waals surface area contributed by atoms with Crippen molar-refractivity contribution in [2.75, 3.05) is 6.54 Å². The number of carboxylic acids is 1. The Kier molecular flexibility index (Phi) is 3.66. The van der Waals surface area contributed by atoms with Crippen molar-refractivity contribution in [3.63, 3.8) is 0 Å². The molecule has 1 aliphatic heterocycles. The summed E-state index contributed by atoms with van der Waals surface area (Å²) in [5.74, 6) is -0.650. The molecule has 1 aromatic heterocycles. The fourth-order valence-electron chi connectivity index (χ4n) is 2.15. The van der Waals surface area contributed by atoms with Gasteiger partial charge >= 0.3 is 5.97 Å². The lowest BCUT2D eigenvalue weighted by Crippen LogP contribution is -2.40. The maximum absolute atomic E-state index is 11.9. The Bertz CT molecular complexity index is 428. The lowest BCUT2D eigenvalue weighted by Gasteiger charge is -2.20. The van der Waals surface area contributed by atoms with E-state index in [2.05, 4.69) is 0 Å². The molecule has 0 aliphatic carbocycles. The number of carbonyl (C=O) groups excluding carboxylic acids is 1. The number of aliphatic carboxylic acids is 1. The van der Waals surface area contributed by atoms with Crippen molar-refractivity contribution in [2.45, 2.75) is 31.4 Å². The molecule has 0 bridgehead atoms. The summed E-state index contributed by atoms with van der Waals surface area (Å²) in [6.45, 7) is 0.0912. The smallest absolute Gasteiger partial charge is 0.326 e. The highest BCUT2D eigenvalue weighted by Crippen LogP contribution is 2.19. The van der Waals surface area contributed by atoms with E-state index >= 15 is 0 Å². The number of hydrogen-bond acceptors (Lipinski definition) is 4. The summed E-state index contributed by atoms with van der Waals surface area (Å²) >= 11 is 0. The number of amides is 1. The summed E-state index contributed by atoms with van der Waals surface area (Å²) in [6.07, 6.45) is 1.49. The van der Waals surface area contributed by atoms with Crippen LogP contribution in [0.25, 0.3) is 0 Å². The lowest BCUT2D eigenvalue weighted by molar-refractivity contribution is -0.148. The molecule has 1 amide bonds. The molecule has 0 aromatic carbocycles. The molecular weight excluding hydrogens is 238 g/mol. The number of hydrogen-bond donors (Lipinski definition) is 2. The van der Waals surface area contributed by atoms with Crippen LogP contribution in [-0.2, 0) is 16.0 Å². The Balaban J connectivity index is 1.93. The number of aliphatic hydroxyl groups is 1. The minimum Gasteiger partial charge on any atom is -0.480 e. The number of nitrogens with zero attached hydrogens (tertiary/aromatic N) is 1. The van der Waals surface area contributed by atoms with Crippen LogP contribution in [0, 0.1) is 0 Å². The average molecular weight is 253 g/mol. The van der Waals surface area contributed by atoms with Gasteiger partial charge in [-0.3, -0.25) is 4.79 Å². The Morgan fingerprint density at radius 2 is 2.28 bits per heavy atom. The van der Waals surface area contributed by atoms with Crippen LogP contribution in [0.3, 0.4) is 0 Å². The highest BCUT2D eigenvalue weighted by molar-refractivity contribution is 5.84. The molecule has 0 radical (unpaired) electrons. The molecule has 1 saturated heterocycles. The van der Waals surface area contributed by atoms with Crippen LogP contribution >= 0.6 is 0 Å². The molecule has 1 fully saturated rings. The summed E-state index contributed by atoms with van der Waals surface area (Å²) in [5.41, 5.74) is 0. The first-order valence-electron chi connectivity index (χ1n) is 5.80. The number of likely N-dealkylation sites (tertiary alicyclic amines) is 1. The molecular formula is C12H15NO5. The predicted molar refractivity (Wildman–Crippen MR) is 60.8 cm³/mol. The normalized spacial score (nSPS) is 23.3. The molecule has 0 saturated carbocycles. The van der Waals surface area contributed by atoms with Crippen molar-refractivity contribution in [1.29, 1.82) is 0 Å². The van der Waals surface area contributed by atoms with Crippen molar-refractivity contribution in [1.82, 2.24) is 4.90 Å². The summed E-state index contributed by atoms with van der Waals surface area (Å²) in [7, 11) is 0. The predicted octanol–water partition coefficient (Wildman–Crippen LogP) is 0.259. The second-order valence-electron chi connectivity index (χ2n) is 4.37. The number of furan rings is 1. The van der Waals surface area contributed by atoms with E-state index in [4.69, 9.17) is 9.52 Å². The third kappa shape index (κ3) is 2.70. The SMILES string of the molecule is O=C(O)[C@@H]1C[C@@H](O)CN1C(=O)CCc1ccco1. The third-order valence-electron chi connectivity index (χ3n) is 3.05. The number of carbonyl (C=O) groups is 2. The highest BCUT2D eigenvalue weighted by atomic mass is 16.4. The van der Waals surface area contributed by atoms with Crippen LogP contribution in [0.5, 0.6) is 0 Å². The van der Waals surface area contributed by atoms with Crippen molar-refractivity contribution in [2.24, 2.45) is 0 Å². The summed E-state index contributed by atoms with van der Waals surface area (Å²) in [5, 5.41) is 18.4. The van der Waals surface area contributed by atoms with E-state index in [9.17, 15) is 14.7 Å². The quantitative estimate of drug-likeness (QED) is 0.803. The zero-order valence-corrected chi connectivity index (χ0v) is 9.78. The van der Waals surface area contributed by atoms with Gasteiger partial charge in [-0.15, -0.1) is 0 Å². The molecule has 2 N–H and O–H groups in total. The van der Waals surface area contributed by atoms with Gasteiger partial charge in [0.25, 0.3) is 0 Å².